The van der Waals surface area contributed by atoms with E-state index in [-0.39, 0.29) is 30.8 Å². The zero-order valence-corrected chi connectivity index (χ0v) is 16.3. The molecule has 1 aliphatic heterocycles. The molecule has 0 radical (unpaired) electrons. The van der Waals surface area contributed by atoms with Crippen molar-refractivity contribution in [3.05, 3.63) is 18.6 Å². The summed E-state index contributed by atoms with van der Waals surface area (Å²) in [4.78, 5) is 13.7. The van der Waals surface area contributed by atoms with Crippen molar-refractivity contribution < 1.29 is 21.9 Å². The van der Waals surface area contributed by atoms with E-state index in [1.54, 1.807) is 0 Å². The number of sulfonamides is 1. The number of hydrogen-bond donors (Lipinski definition) is 1. The maximum Gasteiger partial charge on any atom is 0.345 e. The number of aromatic nitrogens is 3. The van der Waals surface area contributed by atoms with Crippen molar-refractivity contribution in [3.63, 3.8) is 0 Å². The van der Waals surface area contributed by atoms with Crippen molar-refractivity contribution in [2.75, 3.05) is 30.8 Å². The van der Waals surface area contributed by atoms with Gasteiger partial charge in [0.2, 0.25) is 10.0 Å². The third-order valence-corrected chi connectivity index (χ3v) is 7.68. The first-order chi connectivity index (χ1) is 13.3. The van der Waals surface area contributed by atoms with Crippen LogP contribution in [0.4, 0.5) is 14.6 Å². The van der Waals surface area contributed by atoms with Crippen LogP contribution in [0.25, 0.3) is 11.0 Å². The van der Waals surface area contributed by atoms with Crippen molar-refractivity contribution in [3.8, 4) is 0 Å². The molecule has 0 spiro atoms. The van der Waals surface area contributed by atoms with Gasteiger partial charge in [-0.3, -0.25) is 0 Å². The molecule has 28 heavy (non-hydrogen) atoms. The number of nitrogens with zero attached hydrogens (tertiary/aromatic N) is 4. The molecule has 3 heterocycles. The molecule has 1 N–H and O–H groups in total. The van der Waals surface area contributed by atoms with Crippen LogP contribution in [0.3, 0.4) is 0 Å². The third-order valence-electron chi connectivity index (χ3n) is 5.67. The van der Waals surface area contributed by atoms with Gasteiger partial charge in [0.25, 0.3) is 0 Å². The van der Waals surface area contributed by atoms with Crippen molar-refractivity contribution in [1.82, 2.24) is 19.3 Å². The molecule has 0 unspecified atom stereocenters. The summed E-state index contributed by atoms with van der Waals surface area (Å²) in [6.45, 7) is -2.62. The smallest absolute Gasteiger partial charge is 0.345 e. The van der Waals surface area contributed by atoms with E-state index in [2.05, 4.69) is 24.6 Å². The first-order valence-electron chi connectivity index (χ1n) is 9.26. The summed E-state index contributed by atoms with van der Waals surface area (Å²) in [7, 11) is -1.51. The zero-order chi connectivity index (χ0) is 19.9. The number of rotatable bonds is 7. The molecule has 1 atom stereocenters. The summed E-state index contributed by atoms with van der Waals surface area (Å²) in [6, 6.07) is 2.13. The van der Waals surface area contributed by atoms with Gasteiger partial charge in [0, 0.05) is 32.4 Å². The number of alkyl halides is 2. The molecule has 154 valence electrons. The van der Waals surface area contributed by atoms with Crippen LogP contribution in [0.2, 0.25) is 0 Å². The van der Waals surface area contributed by atoms with Gasteiger partial charge in [0.1, 0.15) is 17.8 Å². The third kappa shape index (κ3) is 3.83. The molecule has 11 heteroatoms. The summed E-state index contributed by atoms with van der Waals surface area (Å²) in [5.74, 6) is 0.919. The Morgan fingerprint density at radius 1 is 1.39 bits per heavy atom. The van der Waals surface area contributed by atoms with E-state index in [1.165, 1.54) is 10.6 Å². The lowest BCUT2D eigenvalue weighted by Gasteiger charge is -2.42. The highest BCUT2D eigenvalue weighted by Gasteiger charge is 2.40. The molecule has 2 aliphatic rings. The van der Waals surface area contributed by atoms with Crippen LogP contribution in [0.15, 0.2) is 18.6 Å². The van der Waals surface area contributed by atoms with Gasteiger partial charge in [-0.25, -0.2) is 18.4 Å². The normalized spacial score (nSPS) is 26.1. The second kappa shape index (κ2) is 7.53. The highest BCUT2D eigenvalue weighted by atomic mass is 32.2. The Morgan fingerprint density at radius 3 is 2.93 bits per heavy atom. The Hall–Kier alpha value is -1.85. The van der Waals surface area contributed by atoms with Crippen LogP contribution in [-0.4, -0.2) is 72.3 Å². The van der Waals surface area contributed by atoms with Gasteiger partial charge >= 0.3 is 6.61 Å². The standard InChI is InChI=1S/C17H23F2N5O3S/c1-23(16-14-2-4-20-15(14)21-10-22-16)12-6-11(7-12)9-28(25,26)24-5-3-13(8-24)27-17(18)19/h2,4,10-13,17H,3,5-9H2,1H3,(H,20,21,22)/t11-,12+,13-/m1/s1. The van der Waals surface area contributed by atoms with Crippen LogP contribution >= 0.6 is 0 Å². The lowest BCUT2D eigenvalue weighted by atomic mass is 9.81. The van der Waals surface area contributed by atoms with E-state index in [4.69, 9.17) is 0 Å². The van der Waals surface area contributed by atoms with Gasteiger partial charge in [-0.05, 0) is 31.2 Å². The van der Waals surface area contributed by atoms with E-state index in [0.29, 0.717) is 6.42 Å². The van der Waals surface area contributed by atoms with E-state index in [9.17, 15) is 17.2 Å². The molecule has 2 aromatic heterocycles. The molecule has 0 aromatic carbocycles. The Kier molecular flexibility index (Phi) is 5.23. The van der Waals surface area contributed by atoms with Crippen LogP contribution < -0.4 is 4.90 Å². The van der Waals surface area contributed by atoms with E-state index in [0.717, 1.165) is 29.7 Å². The number of aromatic amines is 1. The molecular weight excluding hydrogens is 392 g/mol. The van der Waals surface area contributed by atoms with Crippen LogP contribution in [0.5, 0.6) is 0 Å². The summed E-state index contributed by atoms with van der Waals surface area (Å²) < 4.78 is 55.6. The Bertz CT molecular complexity index is 932. The predicted molar refractivity (Wildman–Crippen MR) is 99.7 cm³/mol. The summed E-state index contributed by atoms with van der Waals surface area (Å²) in [6.07, 6.45) is 4.40. The van der Waals surface area contributed by atoms with Crippen molar-refractivity contribution in [2.24, 2.45) is 5.92 Å². The van der Waals surface area contributed by atoms with Gasteiger partial charge in [-0.1, -0.05) is 0 Å². The first kappa shape index (κ1) is 19.5. The molecule has 1 saturated carbocycles. The Labute approximate surface area is 161 Å². The lowest BCUT2D eigenvalue weighted by molar-refractivity contribution is -0.157. The predicted octanol–water partition coefficient (Wildman–Crippen LogP) is 1.82. The summed E-state index contributed by atoms with van der Waals surface area (Å²) in [5, 5.41) is 0.934. The van der Waals surface area contributed by atoms with Gasteiger partial charge in [-0.2, -0.15) is 13.1 Å². The van der Waals surface area contributed by atoms with Crippen molar-refractivity contribution in [1.29, 1.82) is 0 Å². The molecule has 8 nitrogen and oxygen atoms in total. The van der Waals surface area contributed by atoms with Crippen LogP contribution in [-0.2, 0) is 14.8 Å². The largest absolute Gasteiger partial charge is 0.356 e. The average molecular weight is 415 g/mol. The van der Waals surface area contributed by atoms with Gasteiger partial charge in [0.15, 0.2) is 0 Å². The van der Waals surface area contributed by atoms with E-state index < -0.39 is 22.7 Å². The zero-order valence-electron chi connectivity index (χ0n) is 15.5. The summed E-state index contributed by atoms with van der Waals surface area (Å²) in [5.41, 5.74) is 0.768. The highest BCUT2D eigenvalue weighted by molar-refractivity contribution is 7.89. The van der Waals surface area contributed by atoms with Crippen LogP contribution in [0.1, 0.15) is 19.3 Å². The number of nitrogens with one attached hydrogen (secondary N) is 1. The first-order valence-corrected chi connectivity index (χ1v) is 10.9. The van der Waals surface area contributed by atoms with Gasteiger partial charge < -0.3 is 14.6 Å². The minimum Gasteiger partial charge on any atom is -0.356 e. The Morgan fingerprint density at radius 2 is 2.18 bits per heavy atom. The second-order valence-corrected chi connectivity index (χ2v) is 9.50. The van der Waals surface area contributed by atoms with Crippen molar-refractivity contribution >= 4 is 26.9 Å². The van der Waals surface area contributed by atoms with Crippen molar-refractivity contribution in [2.45, 2.75) is 38.0 Å². The topological polar surface area (TPSA) is 91.4 Å². The number of H-pyrrole nitrogens is 1. The highest BCUT2D eigenvalue weighted by Crippen LogP contribution is 2.36. The van der Waals surface area contributed by atoms with Gasteiger partial charge in [0.05, 0.1) is 17.2 Å². The minimum absolute atomic E-state index is 0.00906. The molecule has 2 aromatic rings. The quantitative estimate of drug-likeness (QED) is 0.742. The van der Waals surface area contributed by atoms with Crippen LogP contribution in [0, 0.1) is 5.92 Å². The van der Waals surface area contributed by atoms with E-state index in [1.807, 2.05) is 19.3 Å². The fraction of sp³-hybridized carbons (Fsp3) is 0.647. The Balaban J connectivity index is 1.32. The summed E-state index contributed by atoms with van der Waals surface area (Å²) >= 11 is 0. The molecule has 1 aliphatic carbocycles. The van der Waals surface area contributed by atoms with Gasteiger partial charge in [-0.15, -0.1) is 0 Å². The van der Waals surface area contributed by atoms with E-state index >= 15 is 0 Å². The number of halogens is 2. The molecule has 2 fully saturated rings. The number of anilines is 1. The maximum absolute atomic E-state index is 12.6. The average Bonchev–Trinajstić information content (AvgIpc) is 3.25. The monoisotopic (exact) mass is 415 g/mol. The molecule has 0 bridgehead atoms. The lowest BCUT2D eigenvalue weighted by Crippen LogP contribution is -2.47. The molecule has 4 rings (SSSR count). The molecule has 1 saturated heterocycles. The SMILES string of the molecule is CN(c1ncnc2[nH]ccc12)[C@H]1C[C@@H](CS(=O)(=O)N2CC[C@@H](OC(F)F)C2)C1. The second-order valence-electron chi connectivity index (χ2n) is 7.48. The fourth-order valence-electron chi connectivity index (χ4n) is 4.08. The number of fused-ring (bicyclic) bond motifs is 1. The minimum atomic E-state index is -3.47. The fourth-order valence-corrected chi connectivity index (χ4v) is 5.93. The molecular formula is C17H23F2N5O3S. The molecule has 0 amide bonds. The maximum atomic E-state index is 12.6. The number of ether oxygens (including phenoxy) is 1. The number of hydrogen-bond acceptors (Lipinski definition) is 6.